The van der Waals surface area contributed by atoms with Gasteiger partial charge in [-0.2, -0.15) is 0 Å². The topological polar surface area (TPSA) is 58.4 Å². The van der Waals surface area contributed by atoms with Crippen LogP contribution in [0, 0.1) is 13.7 Å². The number of halogens is 1. The lowest BCUT2D eigenvalue weighted by atomic mass is 10.0. The van der Waals surface area contributed by atoms with Gasteiger partial charge in [-0.25, -0.2) is 0 Å². The monoisotopic (exact) mass is 363 g/mol. The largest absolute Gasteiger partial charge is 0.378 e. The summed E-state index contributed by atoms with van der Waals surface area (Å²) in [6, 6.07) is 5.19. The second-order valence-electron chi connectivity index (χ2n) is 4.98. The van der Waals surface area contributed by atoms with Gasteiger partial charge in [-0.05, 0) is 62.7 Å². The molecule has 0 aliphatic heterocycles. The third-order valence-electron chi connectivity index (χ3n) is 3.08. The van der Waals surface area contributed by atoms with Crippen LogP contribution in [0.5, 0.6) is 0 Å². The molecule has 0 fully saturated rings. The lowest BCUT2D eigenvalue weighted by molar-refractivity contribution is -0.384. The number of rotatable bonds is 5. The molecule has 0 saturated carbocycles. The standard InChI is InChI=1S/C12H18IN3O2/c1-12(2,15(3)4)8-14-10-6-5-9(13)7-11(10)16(17)18/h5-7,14H,8H2,1-4H3. The third kappa shape index (κ3) is 3.81. The molecule has 0 amide bonds. The lowest BCUT2D eigenvalue weighted by Gasteiger charge is -2.32. The van der Waals surface area contributed by atoms with Crippen molar-refractivity contribution in [2.45, 2.75) is 19.4 Å². The molecule has 100 valence electrons. The quantitative estimate of drug-likeness (QED) is 0.497. The van der Waals surface area contributed by atoms with Crippen molar-refractivity contribution >= 4 is 34.0 Å². The average Bonchev–Trinajstić information content (AvgIpc) is 2.27. The maximum absolute atomic E-state index is 11.0. The number of benzene rings is 1. The van der Waals surface area contributed by atoms with Crippen LogP contribution in [-0.4, -0.2) is 36.0 Å². The molecule has 18 heavy (non-hydrogen) atoms. The molecule has 6 heteroatoms. The number of nitro benzene ring substituents is 1. The van der Waals surface area contributed by atoms with E-state index >= 15 is 0 Å². The molecule has 0 aliphatic carbocycles. The van der Waals surface area contributed by atoms with Gasteiger partial charge in [-0.1, -0.05) is 0 Å². The molecular formula is C12H18IN3O2. The highest BCUT2D eigenvalue weighted by atomic mass is 127. The van der Waals surface area contributed by atoms with E-state index in [0.717, 1.165) is 3.57 Å². The highest BCUT2D eigenvalue weighted by Crippen LogP contribution is 2.27. The number of hydrogen-bond acceptors (Lipinski definition) is 4. The Hall–Kier alpha value is -0.890. The van der Waals surface area contributed by atoms with Gasteiger partial charge in [0.2, 0.25) is 0 Å². The fraction of sp³-hybridized carbons (Fsp3) is 0.500. The summed E-state index contributed by atoms with van der Waals surface area (Å²) in [7, 11) is 3.98. The molecule has 0 spiro atoms. The molecule has 0 atom stereocenters. The lowest BCUT2D eigenvalue weighted by Crippen LogP contribution is -2.44. The van der Waals surface area contributed by atoms with Crippen molar-refractivity contribution in [2.75, 3.05) is 26.0 Å². The molecule has 1 aromatic rings. The molecule has 0 saturated heterocycles. The Morgan fingerprint density at radius 2 is 2.06 bits per heavy atom. The zero-order valence-electron chi connectivity index (χ0n) is 11.0. The van der Waals surface area contributed by atoms with E-state index < -0.39 is 0 Å². The van der Waals surface area contributed by atoms with E-state index in [1.54, 1.807) is 12.1 Å². The summed E-state index contributed by atoms with van der Waals surface area (Å²) < 4.78 is 0.858. The Balaban J connectivity index is 2.89. The first-order valence-corrected chi connectivity index (χ1v) is 6.67. The maximum atomic E-state index is 11.0. The first-order valence-electron chi connectivity index (χ1n) is 5.59. The molecule has 1 aromatic carbocycles. The number of nitro groups is 1. The van der Waals surface area contributed by atoms with Crippen LogP contribution >= 0.6 is 22.6 Å². The third-order valence-corrected chi connectivity index (χ3v) is 3.75. The normalized spacial score (nSPS) is 11.7. The van der Waals surface area contributed by atoms with Gasteiger partial charge in [0.15, 0.2) is 0 Å². The summed E-state index contributed by atoms with van der Waals surface area (Å²) in [6.07, 6.45) is 0. The fourth-order valence-corrected chi connectivity index (χ4v) is 1.75. The molecule has 0 heterocycles. The van der Waals surface area contributed by atoms with Crippen LogP contribution < -0.4 is 5.32 Å². The van der Waals surface area contributed by atoms with E-state index in [4.69, 9.17) is 0 Å². The summed E-state index contributed by atoms with van der Waals surface area (Å²) in [6.45, 7) is 4.80. The van der Waals surface area contributed by atoms with Crippen LogP contribution in [0.3, 0.4) is 0 Å². The minimum absolute atomic E-state index is 0.0726. The predicted molar refractivity (Wildman–Crippen MR) is 82.1 cm³/mol. The average molecular weight is 363 g/mol. The molecule has 0 unspecified atom stereocenters. The second kappa shape index (κ2) is 5.83. The Bertz CT molecular complexity index is 447. The molecule has 5 nitrogen and oxygen atoms in total. The van der Waals surface area contributed by atoms with E-state index in [-0.39, 0.29) is 16.1 Å². The van der Waals surface area contributed by atoms with E-state index in [0.29, 0.717) is 12.2 Å². The van der Waals surface area contributed by atoms with Crippen molar-refractivity contribution < 1.29 is 4.92 Å². The smallest absolute Gasteiger partial charge is 0.293 e. The van der Waals surface area contributed by atoms with Crippen LogP contribution in [0.4, 0.5) is 11.4 Å². The van der Waals surface area contributed by atoms with E-state index in [1.165, 1.54) is 0 Å². The van der Waals surface area contributed by atoms with Crippen LogP contribution in [0.1, 0.15) is 13.8 Å². The van der Waals surface area contributed by atoms with Crippen molar-refractivity contribution in [1.29, 1.82) is 0 Å². The van der Waals surface area contributed by atoms with Crippen molar-refractivity contribution in [3.8, 4) is 0 Å². The number of hydrogen-bond donors (Lipinski definition) is 1. The first kappa shape index (κ1) is 15.2. The summed E-state index contributed by atoms with van der Waals surface area (Å²) >= 11 is 2.07. The fourth-order valence-electron chi connectivity index (χ4n) is 1.27. The van der Waals surface area contributed by atoms with Gasteiger partial charge in [0.1, 0.15) is 5.69 Å². The zero-order valence-corrected chi connectivity index (χ0v) is 13.2. The molecule has 0 aromatic heterocycles. The number of nitrogens with zero attached hydrogens (tertiary/aromatic N) is 2. The minimum atomic E-state index is -0.354. The van der Waals surface area contributed by atoms with Crippen LogP contribution in [-0.2, 0) is 0 Å². The summed E-state index contributed by atoms with van der Waals surface area (Å²) in [5.74, 6) is 0. The number of likely N-dealkylation sites (N-methyl/N-ethyl adjacent to an activating group) is 1. The van der Waals surface area contributed by atoms with Gasteiger partial charge in [-0.15, -0.1) is 0 Å². The van der Waals surface area contributed by atoms with Gasteiger partial charge in [0.25, 0.3) is 5.69 Å². The molecule has 0 bridgehead atoms. The molecular weight excluding hydrogens is 345 g/mol. The SMILES string of the molecule is CN(C)C(C)(C)CNc1ccc(I)cc1[N+](=O)[O-]. The maximum Gasteiger partial charge on any atom is 0.293 e. The molecule has 0 aliphatic rings. The predicted octanol–water partition coefficient (Wildman–Crippen LogP) is 2.95. The van der Waals surface area contributed by atoms with E-state index in [2.05, 4.69) is 46.7 Å². The molecule has 1 N–H and O–H groups in total. The highest BCUT2D eigenvalue weighted by molar-refractivity contribution is 14.1. The highest BCUT2D eigenvalue weighted by Gasteiger charge is 2.22. The summed E-state index contributed by atoms with van der Waals surface area (Å²) in [5.41, 5.74) is 0.614. The number of nitrogens with one attached hydrogen (secondary N) is 1. The van der Waals surface area contributed by atoms with E-state index in [1.807, 2.05) is 20.2 Å². The summed E-state index contributed by atoms with van der Waals surface area (Å²) in [5, 5.41) is 14.1. The minimum Gasteiger partial charge on any atom is -0.378 e. The molecule has 1 rings (SSSR count). The van der Waals surface area contributed by atoms with Gasteiger partial charge >= 0.3 is 0 Å². The van der Waals surface area contributed by atoms with Crippen LogP contribution in [0.25, 0.3) is 0 Å². The Labute approximate surface area is 121 Å². The van der Waals surface area contributed by atoms with Crippen molar-refractivity contribution in [3.05, 3.63) is 31.9 Å². The summed E-state index contributed by atoms with van der Waals surface area (Å²) in [4.78, 5) is 12.7. The van der Waals surface area contributed by atoms with E-state index in [9.17, 15) is 10.1 Å². The van der Waals surface area contributed by atoms with Gasteiger partial charge < -0.3 is 10.2 Å². The Morgan fingerprint density at radius 3 is 2.56 bits per heavy atom. The Morgan fingerprint density at radius 1 is 1.44 bits per heavy atom. The first-order chi connectivity index (χ1) is 8.24. The van der Waals surface area contributed by atoms with Crippen LogP contribution in [0.15, 0.2) is 18.2 Å². The second-order valence-corrected chi connectivity index (χ2v) is 6.22. The van der Waals surface area contributed by atoms with Crippen molar-refractivity contribution in [2.24, 2.45) is 0 Å². The Kier molecular flexibility index (Phi) is 4.92. The van der Waals surface area contributed by atoms with Crippen molar-refractivity contribution in [1.82, 2.24) is 4.90 Å². The van der Waals surface area contributed by atoms with Gasteiger partial charge in [-0.3, -0.25) is 10.1 Å². The van der Waals surface area contributed by atoms with Crippen molar-refractivity contribution in [3.63, 3.8) is 0 Å². The number of anilines is 1. The van der Waals surface area contributed by atoms with Gasteiger partial charge in [0, 0.05) is 21.7 Å². The molecule has 0 radical (unpaired) electrons. The van der Waals surface area contributed by atoms with Gasteiger partial charge in [0.05, 0.1) is 4.92 Å². The zero-order chi connectivity index (χ0) is 13.9. The van der Waals surface area contributed by atoms with Crippen LogP contribution in [0.2, 0.25) is 0 Å².